The lowest BCUT2D eigenvalue weighted by Gasteiger charge is -2.34. The Hall–Kier alpha value is -2.88. The van der Waals surface area contributed by atoms with Crippen molar-refractivity contribution in [1.82, 2.24) is 4.98 Å². The summed E-state index contributed by atoms with van der Waals surface area (Å²) in [6.45, 7) is 2.11. The number of ketones is 1. The van der Waals surface area contributed by atoms with Crippen LogP contribution < -0.4 is 0 Å². The number of carbonyl (C=O) groups is 2. The van der Waals surface area contributed by atoms with Crippen molar-refractivity contribution in [3.05, 3.63) is 71.4 Å². The summed E-state index contributed by atoms with van der Waals surface area (Å²) in [7, 11) is 0. The number of aromatic nitrogens is 1. The maximum Gasteiger partial charge on any atom is 0.318 e. The molecular formula is C23H23NO3. The number of ether oxygens (including phenoxy) is 1. The average Bonchev–Trinajstić information content (AvgIpc) is 3.09. The fraction of sp³-hybridized carbons (Fsp3) is 0.304. The molecule has 0 amide bonds. The SMILES string of the molecule is CCOC(=O)C1(CC(=O)c2ccccc2)CCCc2c1[nH]c1ccccc21. The number of Topliss-reactive ketones (excluding diaryl/α,β-unsaturated/α-hetero) is 1. The van der Waals surface area contributed by atoms with Crippen LogP contribution in [0.4, 0.5) is 0 Å². The molecule has 1 atom stereocenters. The molecule has 1 heterocycles. The Bertz CT molecular complexity index is 989. The van der Waals surface area contributed by atoms with E-state index in [0.29, 0.717) is 18.6 Å². The van der Waals surface area contributed by atoms with Gasteiger partial charge in [-0.25, -0.2) is 0 Å². The van der Waals surface area contributed by atoms with Crippen molar-refractivity contribution in [3.63, 3.8) is 0 Å². The van der Waals surface area contributed by atoms with Crippen LogP contribution in [-0.2, 0) is 21.4 Å². The van der Waals surface area contributed by atoms with Gasteiger partial charge in [0, 0.05) is 28.6 Å². The summed E-state index contributed by atoms with van der Waals surface area (Å²) >= 11 is 0. The first-order chi connectivity index (χ1) is 13.2. The van der Waals surface area contributed by atoms with Crippen LogP contribution in [0.2, 0.25) is 0 Å². The highest BCUT2D eigenvalue weighted by atomic mass is 16.5. The Labute approximate surface area is 158 Å². The van der Waals surface area contributed by atoms with E-state index in [-0.39, 0.29) is 18.2 Å². The Morgan fingerprint density at radius 1 is 1.07 bits per heavy atom. The first-order valence-corrected chi connectivity index (χ1v) is 9.51. The van der Waals surface area contributed by atoms with Crippen molar-refractivity contribution in [2.24, 2.45) is 0 Å². The van der Waals surface area contributed by atoms with Crippen LogP contribution in [0.25, 0.3) is 10.9 Å². The second kappa shape index (κ2) is 7.03. The van der Waals surface area contributed by atoms with E-state index >= 15 is 0 Å². The second-order valence-corrected chi connectivity index (χ2v) is 7.15. The summed E-state index contributed by atoms with van der Waals surface area (Å²) in [4.78, 5) is 29.6. The molecule has 1 unspecified atom stereocenters. The molecule has 0 fully saturated rings. The van der Waals surface area contributed by atoms with Gasteiger partial charge in [0.15, 0.2) is 5.78 Å². The number of hydrogen-bond donors (Lipinski definition) is 1. The lowest BCUT2D eigenvalue weighted by molar-refractivity contribution is -0.151. The number of carbonyl (C=O) groups excluding carboxylic acids is 2. The molecular weight excluding hydrogens is 338 g/mol. The molecule has 1 N–H and O–H groups in total. The molecule has 3 aromatic rings. The number of para-hydroxylation sites is 1. The van der Waals surface area contributed by atoms with Crippen LogP contribution in [0.15, 0.2) is 54.6 Å². The van der Waals surface area contributed by atoms with Crippen LogP contribution in [-0.4, -0.2) is 23.3 Å². The fourth-order valence-electron chi connectivity index (χ4n) is 4.28. The third-order valence-corrected chi connectivity index (χ3v) is 5.55. The maximum atomic E-state index is 13.1. The zero-order chi connectivity index (χ0) is 18.9. The molecule has 1 aromatic heterocycles. The van der Waals surface area contributed by atoms with Gasteiger partial charge in [-0.1, -0.05) is 48.5 Å². The largest absolute Gasteiger partial charge is 0.465 e. The van der Waals surface area contributed by atoms with E-state index in [1.165, 1.54) is 0 Å². The minimum Gasteiger partial charge on any atom is -0.465 e. The van der Waals surface area contributed by atoms with Gasteiger partial charge in [0.05, 0.1) is 6.61 Å². The van der Waals surface area contributed by atoms with Crippen molar-refractivity contribution in [2.75, 3.05) is 6.61 Å². The standard InChI is InChI=1S/C23H23NO3/c1-2-27-22(26)23(15-20(25)16-9-4-3-5-10-16)14-8-12-18-17-11-6-7-13-19(17)24-21(18)23/h3-7,9-11,13,24H,2,8,12,14-15H2,1H3. The highest BCUT2D eigenvalue weighted by molar-refractivity contribution is 6.01. The van der Waals surface area contributed by atoms with Crippen LogP contribution in [0.5, 0.6) is 0 Å². The maximum absolute atomic E-state index is 13.1. The van der Waals surface area contributed by atoms with E-state index < -0.39 is 5.41 Å². The van der Waals surface area contributed by atoms with Crippen molar-refractivity contribution in [3.8, 4) is 0 Å². The molecule has 0 aliphatic heterocycles. The molecule has 0 saturated heterocycles. The number of fused-ring (bicyclic) bond motifs is 3. The molecule has 27 heavy (non-hydrogen) atoms. The molecule has 4 heteroatoms. The number of H-pyrrole nitrogens is 1. The number of aromatic amines is 1. The van der Waals surface area contributed by atoms with E-state index in [1.807, 2.05) is 36.4 Å². The molecule has 0 radical (unpaired) electrons. The van der Waals surface area contributed by atoms with Gasteiger partial charge in [-0.05, 0) is 37.8 Å². The molecule has 2 aromatic carbocycles. The molecule has 1 aliphatic rings. The van der Waals surface area contributed by atoms with Crippen molar-refractivity contribution < 1.29 is 14.3 Å². The van der Waals surface area contributed by atoms with Gasteiger partial charge in [-0.2, -0.15) is 0 Å². The summed E-state index contributed by atoms with van der Waals surface area (Å²) in [5.41, 5.74) is 2.69. The van der Waals surface area contributed by atoms with Gasteiger partial charge >= 0.3 is 5.97 Å². The summed E-state index contributed by atoms with van der Waals surface area (Å²) in [5.74, 6) is -0.336. The van der Waals surface area contributed by atoms with E-state index in [4.69, 9.17) is 4.74 Å². The number of rotatable bonds is 5. The number of benzene rings is 2. The van der Waals surface area contributed by atoms with Crippen LogP contribution in [0.3, 0.4) is 0 Å². The van der Waals surface area contributed by atoms with Crippen LogP contribution in [0, 0.1) is 0 Å². The first-order valence-electron chi connectivity index (χ1n) is 9.51. The van der Waals surface area contributed by atoms with Gasteiger partial charge < -0.3 is 9.72 Å². The van der Waals surface area contributed by atoms with E-state index in [1.54, 1.807) is 19.1 Å². The monoisotopic (exact) mass is 361 g/mol. The number of hydrogen-bond acceptors (Lipinski definition) is 3. The zero-order valence-electron chi connectivity index (χ0n) is 15.5. The van der Waals surface area contributed by atoms with Crippen molar-refractivity contribution >= 4 is 22.7 Å². The quantitative estimate of drug-likeness (QED) is 0.535. The fourth-order valence-corrected chi connectivity index (χ4v) is 4.28. The highest BCUT2D eigenvalue weighted by Gasteiger charge is 2.48. The Morgan fingerprint density at radius 2 is 1.81 bits per heavy atom. The van der Waals surface area contributed by atoms with Crippen LogP contribution >= 0.6 is 0 Å². The number of esters is 1. The Balaban J connectivity index is 1.83. The van der Waals surface area contributed by atoms with E-state index in [2.05, 4.69) is 11.1 Å². The lowest BCUT2D eigenvalue weighted by Crippen LogP contribution is -2.42. The van der Waals surface area contributed by atoms with Crippen molar-refractivity contribution in [2.45, 2.75) is 38.0 Å². The normalized spacial score (nSPS) is 18.9. The van der Waals surface area contributed by atoms with Crippen LogP contribution in [0.1, 0.15) is 47.8 Å². The molecule has 4 nitrogen and oxygen atoms in total. The van der Waals surface area contributed by atoms with Crippen molar-refractivity contribution in [1.29, 1.82) is 0 Å². The molecule has 1 aliphatic carbocycles. The third kappa shape index (κ3) is 2.95. The molecule has 0 spiro atoms. The van der Waals surface area contributed by atoms with Gasteiger partial charge in [-0.15, -0.1) is 0 Å². The zero-order valence-corrected chi connectivity index (χ0v) is 15.5. The van der Waals surface area contributed by atoms with Gasteiger partial charge in [0.2, 0.25) is 0 Å². The minimum absolute atomic E-state index is 0.0323. The summed E-state index contributed by atoms with van der Waals surface area (Å²) in [5, 5.41) is 1.13. The number of aryl methyl sites for hydroxylation is 1. The van der Waals surface area contributed by atoms with E-state index in [0.717, 1.165) is 35.0 Å². The van der Waals surface area contributed by atoms with Gasteiger partial charge in [-0.3, -0.25) is 9.59 Å². The second-order valence-electron chi connectivity index (χ2n) is 7.15. The Kier molecular flexibility index (Phi) is 4.56. The van der Waals surface area contributed by atoms with Gasteiger partial charge in [0.25, 0.3) is 0 Å². The molecule has 4 rings (SSSR count). The molecule has 138 valence electrons. The highest BCUT2D eigenvalue weighted by Crippen LogP contribution is 2.44. The van der Waals surface area contributed by atoms with E-state index in [9.17, 15) is 9.59 Å². The third-order valence-electron chi connectivity index (χ3n) is 5.55. The molecule has 0 bridgehead atoms. The summed E-state index contributed by atoms with van der Waals surface area (Å²) in [6.07, 6.45) is 2.50. The Morgan fingerprint density at radius 3 is 2.59 bits per heavy atom. The average molecular weight is 361 g/mol. The summed E-state index contributed by atoms with van der Waals surface area (Å²) < 4.78 is 5.46. The predicted octanol–water partition coefficient (Wildman–Crippen LogP) is 4.58. The smallest absolute Gasteiger partial charge is 0.318 e. The first kappa shape index (κ1) is 17.5. The molecule has 0 saturated carbocycles. The number of nitrogens with one attached hydrogen (secondary N) is 1. The topological polar surface area (TPSA) is 59.2 Å². The van der Waals surface area contributed by atoms with Gasteiger partial charge in [0.1, 0.15) is 5.41 Å². The lowest BCUT2D eigenvalue weighted by atomic mass is 9.69. The predicted molar refractivity (Wildman–Crippen MR) is 105 cm³/mol. The minimum atomic E-state index is -0.949. The summed E-state index contributed by atoms with van der Waals surface area (Å²) in [6, 6.07) is 17.3.